The highest BCUT2D eigenvalue weighted by molar-refractivity contribution is 5.79. The molecule has 1 heterocycles. The van der Waals surface area contributed by atoms with Crippen molar-refractivity contribution in [3.63, 3.8) is 0 Å². The van der Waals surface area contributed by atoms with Gasteiger partial charge in [-0.15, -0.1) is 0 Å². The van der Waals surface area contributed by atoms with Gasteiger partial charge >= 0.3 is 0 Å². The van der Waals surface area contributed by atoms with Gasteiger partial charge in [0, 0.05) is 39.3 Å². The number of furan rings is 1. The molecule has 120 valence electrons. The van der Waals surface area contributed by atoms with Gasteiger partial charge < -0.3 is 19.8 Å². The van der Waals surface area contributed by atoms with Gasteiger partial charge in [0.1, 0.15) is 5.76 Å². The number of guanidine groups is 1. The standard InChI is InChI=1S/C16H29N3O2/c1-4-20-11-6-9-17-16(19-13-14(2)3)18-10-8-15-7-5-12-21-15/h5,7,12,14H,4,6,8-11,13H2,1-3H3,(H2,17,18,19). The van der Waals surface area contributed by atoms with Crippen molar-refractivity contribution in [2.75, 3.05) is 32.8 Å². The van der Waals surface area contributed by atoms with Crippen LogP contribution in [-0.2, 0) is 11.2 Å². The summed E-state index contributed by atoms with van der Waals surface area (Å²) < 4.78 is 10.7. The second kappa shape index (κ2) is 11.2. The molecular formula is C16H29N3O2. The molecule has 0 bridgehead atoms. The molecule has 0 radical (unpaired) electrons. The van der Waals surface area contributed by atoms with Crippen molar-refractivity contribution in [1.82, 2.24) is 10.6 Å². The summed E-state index contributed by atoms with van der Waals surface area (Å²) in [5, 5.41) is 6.68. The predicted molar refractivity (Wildman–Crippen MR) is 86.7 cm³/mol. The van der Waals surface area contributed by atoms with E-state index in [1.807, 2.05) is 19.1 Å². The van der Waals surface area contributed by atoms with Crippen LogP contribution in [0.5, 0.6) is 0 Å². The van der Waals surface area contributed by atoms with Crippen molar-refractivity contribution in [1.29, 1.82) is 0 Å². The smallest absolute Gasteiger partial charge is 0.191 e. The second-order valence-electron chi connectivity index (χ2n) is 5.32. The van der Waals surface area contributed by atoms with Gasteiger partial charge in [-0.25, -0.2) is 0 Å². The van der Waals surface area contributed by atoms with Crippen LogP contribution in [0.15, 0.2) is 27.8 Å². The molecule has 0 saturated heterocycles. The average molecular weight is 295 g/mol. The number of hydrogen-bond donors (Lipinski definition) is 2. The summed E-state index contributed by atoms with van der Waals surface area (Å²) in [4.78, 5) is 4.58. The number of nitrogens with zero attached hydrogens (tertiary/aromatic N) is 1. The van der Waals surface area contributed by atoms with Gasteiger partial charge in [0.25, 0.3) is 0 Å². The van der Waals surface area contributed by atoms with Crippen molar-refractivity contribution in [2.24, 2.45) is 10.9 Å². The second-order valence-corrected chi connectivity index (χ2v) is 5.32. The number of nitrogens with one attached hydrogen (secondary N) is 2. The van der Waals surface area contributed by atoms with Gasteiger partial charge in [0.2, 0.25) is 0 Å². The Balaban J connectivity index is 2.28. The van der Waals surface area contributed by atoms with Crippen LogP contribution in [0.4, 0.5) is 0 Å². The maximum Gasteiger partial charge on any atom is 0.191 e. The maximum atomic E-state index is 5.33. The van der Waals surface area contributed by atoms with Gasteiger partial charge in [0.15, 0.2) is 5.96 Å². The van der Waals surface area contributed by atoms with E-state index in [1.54, 1.807) is 6.26 Å². The zero-order valence-corrected chi connectivity index (χ0v) is 13.5. The van der Waals surface area contributed by atoms with Crippen molar-refractivity contribution in [3.8, 4) is 0 Å². The van der Waals surface area contributed by atoms with Crippen LogP contribution < -0.4 is 10.6 Å². The lowest BCUT2D eigenvalue weighted by molar-refractivity contribution is 0.145. The van der Waals surface area contributed by atoms with E-state index in [2.05, 4.69) is 29.5 Å². The molecule has 1 rings (SSSR count). The Kier molecular flexibility index (Phi) is 9.37. The fourth-order valence-corrected chi connectivity index (χ4v) is 1.73. The first-order valence-electron chi connectivity index (χ1n) is 7.84. The first-order chi connectivity index (χ1) is 10.2. The molecule has 0 aliphatic rings. The molecule has 1 aromatic heterocycles. The number of rotatable bonds is 10. The van der Waals surface area contributed by atoms with Gasteiger partial charge in [-0.3, -0.25) is 4.99 Å². The van der Waals surface area contributed by atoms with Gasteiger partial charge in [-0.1, -0.05) is 13.8 Å². The molecule has 0 aliphatic carbocycles. The van der Waals surface area contributed by atoms with Crippen LogP contribution >= 0.6 is 0 Å². The van der Waals surface area contributed by atoms with E-state index in [0.717, 1.165) is 57.4 Å². The van der Waals surface area contributed by atoms with Crippen molar-refractivity contribution < 1.29 is 9.15 Å². The summed E-state index contributed by atoms with van der Waals surface area (Å²) in [7, 11) is 0. The predicted octanol–water partition coefficient (Wildman–Crippen LogP) is 2.44. The molecule has 5 nitrogen and oxygen atoms in total. The largest absolute Gasteiger partial charge is 0.469 e. The average Bonchev–Trinajstić information content (AvgIpc) is 2.97. The molecular weight excluding hydrogens is 266 g/mol. The molecule has 1 aromatic rings. The summed E-state index contributed by atoms with van der Waals surface area (Å²) in [6, 6.07) is 3.90. The fourth-order valence-electron chi connectivity index (χ4n) is 1.73. The van der Waals surface area contributed by atoms with Gasteiger partial charge in [-0.2, -0.15) is 0 Å². The summed E-state index contributed by atoms with van der Waals surface area (Å²) in [5.74, 6) is 2.41. The van der Waals surface area contributed by atoms with Gasteiger partial charge in [0.05, 0.1) is 6.26 Å². The van der Waals surface area contributed by atoms with Gasteiger partial charge in [-0.05, 0) is 31.4 Å². The summed E-state index contributed by atoms with van der Waals surface area (Å²) in [6.07, 6.45) is 3.54. The quantitative estimate of drug-likeness (QED) is 0.395. The van der Waals surface area contributed by atoms with E-state index < -0.39 is 0 Å². The molecule has 0 spiro atoms. The number of hydrogen-bond acceptors (Lipinski definition) is 3. The lowest BCUT2D eigenvalue weighted by Gasteiger charge is -2.13. The third-order valence-electron chi connectivity index (χ3n) is 2.82. The zero-order chi connectivity index (χ0) is 15.3. The maximum absolute atomic E-state index is 5.33. The third-order valence-corrected chi connectivity index (χ3v) is 2.82. The Bertz CT molecular complexity index is 375. The lowest BCUT2D eigenvalue weighted by Crippen LogP contribution is -2.39. The van der Waals surface area contributed by atoms with Crippen LogP contribution in [0.1, 0.15) is 33.0 Å². The molecule has 0 unspecified atom stereocenters. The number of ether oxygens (including phenoxy) is 1. The Hall–Kier alpha value is -1.49. The molecule has 2 N–H and O–H groups in total. The monoisotopic (exact) mass is 295 g/mol. The highest BCUT2D eigenvalue weighted by atomic mass is 16.5. The van der Waals surface area contributed by atoms with E-state index in [0.29, 0.717) is 5.92 Å². The molecule has 0 saturated carbocycles. The van der Waals surface area contributed by atoms with E-state index in [1.165, 1.54) is 0 Å². The number of aliphatic imine (C=N–C) groups is 1. The fraction of sp³-hybridized carbons (Fsp3) is 0.688. The van der Waals surface area contributed by atoms with E-state index in [-0.39, 0.29) is 0 Å². The molecule has 0 aromatic carbocycles. The normalized spacial score (nSPS) is 11.9. The van der Waals surface area contributed by atoms with Crippen LogP contribution in [0.25, 0.3) is 0 Å². The van der Waals surface area contributed by atoms with Crippen LogP contribution in [0, 0.1) is 5.92 Å². The summed E-state index contributed by atoms with van der Waals surface area (Å²) in [5.41, 5.74) is 0. The van der Waals surface area contributed by atoms with E-state index in [9.17, 15) is 0 Å². The topological polar surface area (TPSA) is 58.8 Å². The third kappa shape index (κ3) is 9.13. The Morgan fingerprint density at radius 1 is 1.33 bits per heavy atom. The Labute approximate surface area is 128 Å². The minimum absolute atomic E-state index is 0.553. The zero-order valence-electron chi connectivity index (χ0n) is 13.5. The molecule has 0 fully saturated rings. The lowest BCUT2D eigenvalue weighted by atomic mass is 10.2. The minimum Gasteiger partial charge on any atom is -0.469 e. The van der Waals surface area contributed by atoms with E-state index >= 15 is 0 Å². The summed E-state index contributed by atoms with van der Waals surface area (Å²) >= 11 is 0. The minimum atomic E-state index is 0.553. The van der Waals surface area contributed by atoms with Crippen molar-refractivity contribution in [2.45, 2.75) is 33.6 Å². The van der Waals surface area contributed by atoms with Crippen molar-refractivity contribution >= 4 is 5.96 Å². The highest BCUT2D eigenvalue weighted by Gasteiger charge is 2.01. The Morgan fingerprint density at radius 3 is 2.81 bits per heavy atom. The molecule has 0 amide bonds. The van der Waals surface area contributed by atoms with Crippen LogP contribution in [-0.4, -0.2) is 38.8 Å². The molecule has 0 atom stereocenters. The first kappa shape index (κ1) is 17.6. The highest BCUT2D eigenvalue weighted by Crippen LogP contribution is 1.99. The summed E-state index contributed by atoms with van der Waals surface area (Å²) in [6.45, 7) is 10.4. The van der Waals surface area contributed by atoms with Crippen molar-refractivity contribution in [3.05, 3.63) is 24.2 Å². The SMILES string of the molecule is CCOCCCNC(=NCC(C)C)NCCc1ccco1. The Morgan fingerprint density at radius 2 is 2.14 bits per heavy atom. The molecule has 5 heteroatoms. The molecule has 0 aliphatic heterocycles. The first-order valence-corrected chi connectivity index (χ1v) is 7.84. The van der Waals surface area contributed by atoms with E-state index in [4.69, 9.17) is 9.15 Å². The van der Waals surface area contributed by atoms with Crippen LogP contribution in [0.2, 0.25) is 0 Å². The van der Waals surface area contributed by atoms with Crippen LogP contribution in [0.3, 0.4) is 0 Å². The molecule has 21 heavy (non-hydrogen) atoms.